The molecule has 0 saturated carbocycles. The van der Waals surface area contributed by atoms with Crippen LogP contribution >= 0.6 is 0 Å². The molecule has 152 valence electrons. The Morgan fingerprint density at radius 2 is 1.97 bits per heavy atom. The zero-order valence-electron chi connectivity index (χ0n) is 16.5. The fourth-order valence-electron chi connectivity index (χ4n) is 4.00. The maximum Gasteiger partial charge on any atom is 0.275 e. The van der Waals surface area contributed by atoms with E-state index in [0.29, 0.717) is 30.9 Å². The lowest BCUT2D eigenvalue weighted by atomic mass is 10.00. The average molecular weight is 396 g/mol. The van der Waals surface area contributed by atoms with Crippen LogP contribution in [-0.4, -0.2) is 24.1 Å². The van der Waals surface area contributed by atoms with Crippen molar-refractivity contribution in [1.29, 1.82) is 0 Å². The maximum atomic E-state index is 14.7. The molecular weight excluding hydrogens is 370 g/mol. The van der Waals surface area contributed by atoms with Gasteiger partial charge in [0.2, 0.25) is 0 Å². The Morgan fingerprint density at radius 1 is 1.17 bits per heavy atom. The summed E-state index contributed by atoms with van der Waals surface area (Å²) in [5.74, 6) is -2.14. The minimum atomic E-state index is -2.84. The number of nitrogens with zero attached hydrogens (tertiary/aromatic N) is 2. The number of hydrogen-bond acceptors (Lipinski definition) is 4. The normalized spacial score (nSPS) is 17.1. The third-order valence-corrected chi connectivity index (χ3v) is 5.61. The van der Waals surface area contributed by atoms with Crippen molar-refractivity contribution in [2.24, 2.45) is 11.5 Å². The van der Waals surface area contributed by atoms with Crippen LogP contribution in [0.2, 0.25) is 0 Å². The van der Waals surface area contributed by atoms with E-state index in [4.69, 9.17) is 16.5 Å². The number of aryl methyl sites for hydroxylation is 1. The van der Waals surface area contributed by atoms with Gasteiger partial charge in [-0.25, -0.2) is 13.8 Å². The topological polar surface area (TPSA) is 68.2 Å². The quantitative estimate of drug-likeness (QED) is 0.702. The second-order valence-corrected chi connectivity index (χ2v) is 7.89. The molecule has 0 spiro atoms. The first kappa shape index (κ1) is 19.7. The predicted octanol–water partition coefficient (Wildman–Crippen LogP) is 3.87. The number of pyridine rings is 1. The van der Waals surface area contributed by atoms with Crippen LogP contribution in [0.5, 0.6) is 0 Å². The summed E-state index contributed by atoms with van der Waals surface area (Å²) in [6, 6.07) is 14.7. The van der Waals surface area contributed by atoms with E-state index in [1.165, 1.54) is 6.07 Å². The Hall–Kier alpha value is -2.57. The molecule has 0 fully saturated rings. The molecule has 1 atom stereocenters. The van der Waals surface area contributed by atoms with Crippen molar-refractivity contribution >= 4 is 16.7 Å². The molecule has 0 radical (unpaired) electrons. The van der Waals surface area contributed by atoms with Crippen molar-refractivity contribution in [3.8, 4) is 0 Å². The van der Waals surface area contributed by atoms with E-state index < -0.39 is 5.92 Å². The van der Waals surface area contributed by atoms with Crippen LogP contribution in [0, 0.1) is 6.92 Å². The minimum absolute atomic E-state index is 0.115. The van der Waals surface area contributed by atoms with Crippen LogP contribution < -0.4 is 16.4 Å². The van der Waals surface area contributed by atoms with Gasteiger partial charge in [0.05, 0.1) is 5.52 Å². The smallest absolute Gasteiger partial charge is 0.275 e. The SMILES string of the molecule is Cc1ccc2nc(N3CCC(F)(F)c4ccccc4C3)cc(CC(N)CN)c2c1. The van der Waals surface area contributed by atoms with Gasteiger partial charge in [0.15, 0.2) is 0 Å². The van der Waals surface area contributed by atoms with Crippen LogP contribution in [0.4, 0.5) is 14.6 Å². The van der Waals surface area contributed by atoms with E-state index in [-0.39, 0.29) is 24.6 Å². The minimum Gasteiger partial charge on any atom is -0.352 e. The summed E-state index contributed by atoms with van der Waals surface area (Å²) in [4.78, 5) is 6.75. The maximum absolute atomic E-state index is 14.7. The van der Waals surface area contributed by atoms with Gasteiger partial charge in [-0.15, -0.1) is 0 Å². The molecule has 1 aromatic heterocycles. The number of alkyl halides is 2. The Morgan fingerprint density at radius 3 is 2.76 bits per heavy atom. The molecular formula is C23H26F2N4. The van der Waals surface area contributed by atoms with Crippen molar-refractivity contribution in [1.82, 2.24) is 4.98 Å². The zero-order chi connectivity index (χ0) is 20.6. The second kappa shape index (κ2) is 7.69. The molecule has 4 rings (SSSR count). The fraction of sp³-hybridized carbons (Fsp3) is 0.348. The van der Waals surface area contributed by atoms with Gasteiger partial charge in [0.1, 0.15) is 5.82 Å². The van der Waals surface area contributed by atoms with Crippen molar-refractivity contribution in [2.45, 2.75) is 38.3 Å². The summed E-state index contributed by atoms with van der Waals surface area (Å²) in [5.41, 5.74) is 15.7. The molecule has 0 bridgehead atoms. The van der Waals surface area contributed by atoms with Crippen LogP contribution in [0.3, 0.4) is 0 Å². The van der Waals surface area contributed by atoms with Gasteiger partial charge in [0.25, 0.3) is 5.92 Å². The molecule has 3 aromatic rings. The van der Waals surface area contributed by atoms with Crippen LogP contribution in [0.25, 0.3) is 10.9 Å². The molecule has 1 unspecified atom stereocenters. The monoisotopic (exact) mass is 396 g/mol. The Bertz CT molecular complexity index is 1030. The Labute approximate surface area is 169 Å². The fourth-order valence-corrected chi connectivity index (χ4v) is 4.00. The lowest BCUT2D eigenvalue weighted by Crippen LogP contribution is -2.32. The van der Waals surface area contributed by atoms with E-state index in [1.54, 1.807) is 18.2 Å². The number of hydrogen-bond donors (Lipinski definition) is 2. The van der Waals surface area contributed by atoms with Crippen LogP contribution in [-0.2, 0) is 18.9 Å². The Balaban J connectivity index is 1.79. The van der Waals surface area contributed by atoms with E-state index in [9.17, 15) is 8.78 Å². The summed E-state index contributed by atoms with van der Waals surface area (Å²) >= 11 is 0. The van der Waals surface area contributed by atoms with Crippen LogP contribution in [0.15, 0.2) is 48.5 Å². The van der Waals surface area contributed by atoms with E-state index in [0.717, 1.165) is 22.0 Å². The molecule has 0 aliphatic carbocycles. The lowest BCUT2D eigenvalue weighted by Gasteiger charge is -2.24. The van der Waals surface area contributed by atoms with E-state index in [2.05, 4.69) is 6.07 Å². The third kappa shape index (κ3) is 3.95. The van der Waals surface area contributed by atoms with Gasteiger partial charge in [-0.3, -0.25) is 0 Å². The number of halogens is 2. The van der Waals surface area contributed by atoms with Crippen molar-refractivity contribution in [3.05, 3.63) is 70.8 Å². The van der Waals surface area contributed by atoms with Crippen molar-refractivity contribution < 1.29 is 8.78 Å². The third-order valence-electron chi connectivity index (χ3n) is 5.61. The molecule has 2 heterocycles. The van der Waals surface area contributed by atoms with Crippen molar-refractivity contribution in [2.75, 3.05) is 18.0 Å². The highest BCUT2D eigenvalue weighted by atomic mass is 19.3. The number of benzene rings is 2. The molecule has 6 heteroatoms. The molecule has 1 aliphatic heterocycles. The van der Waals surface area contributed by atoms with Gasteiger partial charge < -0.3 is 16.4 Å². The summed E-state index contributed by atoms with van der Waals surface area (Å²) in [6.45, 7) is 3.05. The standard InChI is InChI=1S/C23H26F2N4/c1-15-6-7-21-19(10-15)17(11-18(27)13-26)12-22(28-21)29-9-8-23(24,25)20-5-3-2-4-16(20)14-29/h2-7,10,12,18H,8-9,11,13-14,26-27H2,1H3. The van der Waals surface area contributed by atoms with Gasteiger partial charge in [-0.1, -0.05) is 35.9 Å². The molecule has 4 nitrogen and oxygen atoms in total. The molecule has 4 N–H and O–H groups in total. The predicted molar refractivity (Wildman–Crippen MR) is 113 cm³/mol. The molecule has 0 amide bonds. The average Bonchev–Trinajstić information content (AvgIpc) is 2.84. The lowest BCUT2D eigenvalue weighted by molar-refractivity contribution is -0.00967. The number of nitrogens with two attached hydrogens (primary N) is 2. The van der Waals surface area contributed by atoms with E-state index >= 15 is 0 Å². The largest absolute Gasteiger partial charge is 0.352 e. The van der Waals surface area contributed by atoms with E-state index in [1.807, 2.05) is 30.0 Å². The van der Waals surface area contributed by atoms with Gasteiger partial charge in [0, 0.05) is 43.0 Å². The molecule has 29 heavy (non-hydrogen) atoms. The highest BCUT2D eigenvalue weighted by Gasteiger charge is 2.37. The van der Waals surface area contributed by atoms with Crippen LogP contribution in [0.1, 0.15) is 28.7 Å². The summed E-state index contributed by atoms with van der Waals surface area (Å²) in [5, 5.41) is 1.04. The highest BCUT2D eigenvalue weighted by molar-refractivity contribution is 5.85. The number of anilines is 1. The Kier molecular flexibility index (Phi) is 5.23. The highest BCUT2D eigenvalue weighted by Crippen LogP contribution is 2.38. The van der Waals surface area contributed by atoms with Gasteiger partial charge >= 0.3 is 0 Å². The van der Waals surface area contributed by atoms with Gasteiger partial charge in [-0.2, -0.15) is 0 Å². The summed E-state index contributed by atoms with van der Waals surface area (Å²) in [6.07, 6.45) is 0.377. The molecule has 0 saturated heterocycles. The first-order valence-electron chi connectivity index (χ1n) is 9.94. The first-order valence-corrected chi connectivity index (χ1v) is 9.94. The summed E-state index contributed by atoms with van der Waals surface area (Å²) in [7, 11) is 0. The number of fused-ring (bicyclic) bond motifs is 2. The first-order chi connectivity index (χ1) is 13.9. The number of aromatic nitrogens is 1. The molecule has 2 aromatic carbocycles. The van der Waals surface area contributed by atoms with Crippen molar-refractivity contribution in [3.63, 3.8) is 0 Å². The van der Waals surface area contributed by atoms with Gasteiger partial charge in [-0.05, 0) is 42.7 Å². The zero-order valence-corrected chi connectivity index (χ0v) is 16.5. The second-order valence-electron chi connectivity index (χ2n) is 7.89. The number of rotatable bonds is 4. The molecule has 1 aliphatic rings. The summed E-state index contributed by atoms with van der Waals surface area (Å²) < 4.78 is 29.3.